The van der Waals surface area contributed by atoms with Crippen LogP contribution >= 0.6 is 0 Å². The number of fused-ring (bicyclic) bond motifs is 6. The molecule has 0 radical (unpaired) electrons. The predicted molar refractivity (Wildman–Crippen MR) is 135 cm³/mol. The first-order valence-electron chi connectivity index (χ1n) is 14.3. The zero-order valence-corrected chi connectivity index (χ0v) is 21.9. The van der Waals surface area contributed by atoms with Crippen molar-refractivity contribution in [3.8, 4) is 0 Å². The molecule has 34 heavy (non-hydrogen) atoms. The lowest BCUT2D eigenvalue weighted by Crippen LogP contribution is -2.52. The molecule has 2 heterocycles. The summed E-state index contributed by atoms with van der Waals surface area (Å²) in [7, 11) is 0. The maximum atomic E-state index is 10.3. The smallest absolute Gasteiger partial charge is 0.0765 e. The molecule has 2 saturated heterocycles. The molecule has 6 aliphatic rings. The Bertz CT molecular complexity index is 880. The molecule has 6 rings (SSSR count). The van der Waals surface area contributed by atoms with Crippen LogP contribution in [0.1, 0.15) is 85.5 Å². The Balaban J connectivity index is 1.27. The van der Waals surface area contributed by atoms with Gasteiger partial charge in [0.05, 0.1) is 24.4 Å². The van der Waals surface area contributed by atoms with Gasteiger partial charge in [-0.25, -0.2) is 0 Å². The molecule has 4 aliphatic carbocycles. The van der Waals surface area contributed by atoms with E-state index >= 15 is 0 Å². The first-order valence-corrected chi connectivity index (χ1v) is 14.3. The van der Waals surface area contributed by atoms with E-state index in [2.05, 4.69) is 38.7 Å². The molecule has 2 saturated carbocycles. The van der Waals surface area contributed by atoms with Gasteiger partial charge in [0.25, 0.3) is 0 Å². The van der Waals surface area contributed by atoms with Crippen LogP contribution in [0.25, 0.3) is 0 Å². The molecule has 0 aromatic rings. The molecule has 4 fully saturated rings. The molecule has 0 aromatic carbocycles. The lowest BCUT2D eigenvalue weighted by atomic mass is 9.56. The van der Waals surface area contributed by atoms with Gasteiger partial charge in [-0.2, -0.15) is 0 Å². The van der Waals surface area contributed by atoms with Crippen LogP contribution in [0, 0.1) is 35.0 Å². The van der Waals surface area contributed by atoms with Crippen LogP contribution < -0.4 is 0 Å². The average molecular weight is 470 g/mol. The van der Waals surface area contributed by atoms with E-state index in [1.165, 1.54) is 32.1 Å². The summed E-state index contributed by atoms with van der Waals surface area (Å²) in [5.74, 6) is 3.40. The number of hydrogen-bond donors (Lipinski definition) is 2. The van der Waals surface area contributed by atoms with Crippen molar-refractivity contribution in [2.75, 3.05) is 19.7 Å². The molecule has 0 aromatic heterocycles. The number of likely N-dealkylation sites (tertiary alicyclic amines) is 1. The minimum absolute atomic E-state index is 0.0292. The second kappa shape index (κ2) is 8.43. The van der Waals surface area contributed by atoms with E-state index in [1.54, 1.807) is 16.7 Å². The number of aliphatic hydroxyl groups excluding tert-OH is 2. The van der Waals surface area contributed by atoms with Crippen molar-refractivity contribution in [1.82, 2.24) is 4.90 Å². The lowest BCUT2D eigenvalue weighted by Gasteiger charge is -2.49. The number of nitrogens with zero attached hydrogens (tertiary/aromatic N) is 1. The zero-order chi connectivity index (χ0) is 23.8. The van der Waals surface area contributed by atoms with Gasteiger partial charge in [0.2, 0.25) is 0 Å². The van der Waals surface area contributed by atoms with Crippen molar-refractivity contribution >= 4 is 0 Å². The molecule has 4 nitrogen and oxygen atoms in total. The number of allylic oxidation sites excluding steroid dienone is 2. The molecule has 0 bridgehead atoms. The second-order valence-electron chi connectivity index (χ2n) is 13.4. The van der Waals surface area contributed by atoms with Gasteiger partial charge < -0.3 is 14.9 Å². The summed E-state index contributed by atoms with van der Waals surface area (Å²) in [4.78, 5) is 2.55. The van der Waals surface area contributed by atoms with Gasteiger partial charge in [0.15, 0.2) is 0 Å². The first-order chi connectivity index (χ1) is 16.3. The fourth-order valence-corrected chi connectivity index (χ4v) is 9.97. The van der Waals surface area contributed by atoms with E-state index in [4.69, 9.17) is 4.74 Å². The first kappa shape index (κ1) is 23.7. The Morgan fingerprint density at radius 1 is 1.18 bits per heavy atom. The van der Waals surface area contributed by atoms with E-state index in [0.29, 0.717) is 29.4 Å². The summed E-state index contributed by atoms with van der Waals surface area (Å²) in [6.45, 7) is 11.9. The highest BCUT2D eigenvalue weighted by Gasteiger charge is 2.59. The van der Waals surface area contributed by atoms with Crippen LogP contribution in [0.2, 0.25) is 0 Å². The Morgan fingerprint density at radius 2 is 2.00 bits per heavy atom. The number of β-amino-alcohol motifs (C(OH)–C–C–N with tert-alkyl or cyclic N) is 1. The lowest BCUT2D eigenvalue weighted by molar-refractivity contribution is -0.0798. The fraction of sp³-hybridized carbons (Fsp3) is 0.867. The van der Waals surface area contributed by atoms with Gasteiger partial charge in [0, 0.05) is 25.0 Å². The van der Waals surface area contributed by atoms with Crippen LogP contribution in [0.5, 0.6) is 0 Å². The third-order valence-corrected chi connectivity index (χ3v) is 11.7. The Morgan fingerprint density at radius 3 is 2.79 bits per heavy atom. The quantitative estimate of drug-likeness (QED) is 0.553. The molecule has 2 N–H and O–H groups in total. The summed E-state index contributed by atoms with van der Waals surface area (Å²) < 4.78 is 7.13. The van der Waals surface area contributed by atoms with Gasteiger partial charge in [0.1, 0.15) is 0 Å². The van der Waals surface area contributed by atoms with Crippen molar-refractivity contribution in [2.24, 2.45) is 35.0 Å². The minimum Gasteiger partial charge on any atom is -0.395 e. The SMILES string of the molecule is CC1=C2C[C@H]3[C@@H](CC=C4C[C@@H](O)CC[C@@]43C)[C@@H]2CCC2(C1)O[C@@H]1C[C@H](C)CN(CCO)[C@H]1[C@H]2C. The molecule has 0 amide bonds. The normalized spacial score (nSPS) is 50.9. The zero-order valence-electron chi connectivity index (χ0n) is 21.9. The van der Waals surface area contributed by atoms with Crippen molar-refractivity contribution in [1.29, 1.82) is 0 Å². The van der Waals surface area contributed by atoms with Crippen molar-refractivity contribution in [3.63, 3.8) is 0 Å². The maximum Gasteiger partial charge on any atom is 0.0765 e. The summed E-state index contributed by atoms with van der Waals surface area (Å²) in [5.41, 5.74) is 5.24. The summed E-state index contributed by atoms with van der Waals surface area (Å²) in [5, 5.41) is 20.0. The molecule has 1 unspecified atom stereocenters. The van der Waals surface area contributed by atoms with Gasteiger partial charge in [-0.15, -0.1) is 0 Å². The molecule has 190 valence electrons. The van der Waals surface area contributed by atoms with E-state index in [0.717, 1.165) is 56.5 Å². The molecule has 1 spiro atoms. The minimum atomic E-state index is -0.124. The Hall–Kier alpha value is -0.680. The van der Waals surface area contributed by atoms with E-state index in [-0.39, 0.29) is 18.3 Å². The average Bonchev–Trinajstić information content (AvgIpc) is 3.25. The monoisotopic (exact) mass is 469 g/mol. The maximum absolute atomic E-state index is 10.3. The summed E-state index contributed by atoms with van der Waals surface area (Å²) in [6.07, 6.45) is 13.0. The highest BCUT2D eigenvalue weighted by atomic mass is 16.5. The highest BCUT2D eigenvalue weighted by molar-refractivity contribution is 5.34. The number of piperidine rings is 1. The van der Waals surface area contributed by atoms with E-state index in [1.807, 2.05) is 0 Å². The number of ether oxygens (including phenoxy) is 1. The van der Waals surface area contributed by atoms with E-state index in [9.17, 15) is 10.2 Å². The van der Waals surface area contributed by atoms with Gasteiger partial charge in [-0.3, -0.25) is 4.90 Å². The van der Waals surface area contributed by atoms with Crippen molar-refractivity contribution < 1.29 is 14.9 Å². The summed E-state index contributed by atoms with van der Waals surface area (Å²) >= 11 is 0. The highest BCUT2D eigenvalue weighted by Crippen LogP contribution is 2.63. The van der Waals surface area contributed by atoms with Crippen LogP contribution in [-0.4, -0.2) is 58.7 Å². The third kappa shape index (κ3) is 3.45. The van der Waals surface area contributed by atoms with E-state index < -0.39 is 0 Å². The molecule has 4 heteroatoms. The summed E-state index contributed by atoms with van der Waals surface area (Å²) in [6, 6.07) is 0.458. The predicted octanol–water partition coefficient (Wildman–Crippen LogP) is 5.10. The van der Waals surface area contributed by atoms with Crippen molar-refractivity contribution in [3.05, 3.63) is 22.8 Å². The van der Waals surface area contributed by atoms with Gasteiger partial charge in [-0.05, 0) is 93.8 Å². The standard InChI is InChI=1S/C30H47NO3/c1-18-13-27-28(31(17-18)11-12-32)20(3)30(34-27)10-8-23-24-6-5-21-14-22(33)7-9-29(21,4)26(24)15-25(23)19(2)16-30/h5,18,20,22-24,26-28,32-33H,6-17H2,1-4H3/t18-,20+,22-,23-,24-,26-,27+,28-,29-,30?/m0/s1. The third-order valence-electron chi connectivity index (χ3n) is 11.7. The van der Waals surface area contributed by atoms with Crippen LogP contribution in [0.3, 0.4) is 0 Å². The molecule has 10 atom stereocenters. The van der Waals surface area contributed by atoms with Crippen molar-refractivity contribution in [2.45, 2.75) is 109 Å². The Labute approximate surface area is 206 Å². The largest absolute Gasteiger partial charge is 0.395 e. The second-order valence-corrected chi connectivity index (χ2v) is 13.4. The molecular weight excluding hydrogens is 422 g/mol. The van der Waals surface area contributed by atoms with Crippen LogP contribution in [0.15, 0.2) is 22.8 Å². The van der Waals surface area contributed by atoms with Crippen LogP contribution in [0.4, 0.5) is 0 Å². The Kier molecular flexibility index (Phi) is 5.88. The molecular formula is C30H47NO3. The molecule has 2 aliphatic heterocycles. The van der Waals surface area contributed by atoms with Crippen LogP contribution in [-0.2, 0) is 4.74 Å². The number of rotatable bonds is 2. The number of aliphatic hydroxyl groups is 2. The fourth-order valence-electron chi connectivity index (χ4n) is 9.97. The number of hydrogen-bond acceptors (Lipinski definition) is 4. The van der Waals surface area contributed by atoms with Gasteiger partial charge in [-0.1, -0.05) is 43.6 Å². The van der Waals surface area contributed by atoms with Gasteiger partial charge >= 0.3 is 0 Å². The topological polar surface area (TPSA) is 52.9 Å².